The third kappa shape index (κ3) is 4.52. The predicted octanol–water partition coefficient (Wildman–Crippen LogP) is 3.36. The highest BCUT2D eigenvalue weighted by molar-refractivity contribution is 5.84. The largest absolute Gasteiger partial charge is 0.508 e. The van der Waals surface area contributed by atoms with Crippen LogP contribution in [-0.4, -0.2) is 58.7 Å². The second-order valence-electron chi connectivity index (χ2n) is 7.37. The van der Waals surface area contributed by atoms with Gasteiger partial charge in [0.2, 0.25) is 0 Å². The fourth-order valence-electron chi connectivity index (χ4n) is 3.78. The number of anilines is 1. The molecule has 2 amide bonds. The van der Waals surface area contributed by atoms with Gasteiger partial charge in [0.05, 0.1) is 5.56 Å². The Morgan fingerprint density at radius 1 is 1.19 bits per heavy atom. The fraction of sp³-hybridized carbons (Fsp3) is 0.333. The average molecular weight is 433 g/mol. The minimum absolute atomic E-state index is 0.0994. The van der Waals surface area contributed by atoms with E-state index in [-0.39, 0.29) is 30.7 Å². The number of hydrogen-bond donors (Lipinski definition) is 3. The number of piperazine rings is 1. The molecular weight excluding hydrogens is 411 g/mol. The lowest BCUT2D eigenvalue weighted by atomic mass is 10.1. The average Bonchev–Trinajstić information content (AvgIpc) is 3.15. The number of aromatic nitrogens is 2. The van der Waals surface area contributed by atoms with Crippen molar-refractivity contribution in [2.45, 2.75) is 12.6 Å². The van der Waals surface area contributed by atoms with E-state index in [4.69, 9.17) is 0 Å². The summed E-state index contributed by atoms with van der Waals surface area (Å²) in [5.74, 6) is 0.0782. The van der Waals surface area contributed by atoms with Crippen molar-refractivity contribution in [2.24, 2.45) is 0 Å². The molecule has 1 fully saturated rings. The number of hydrogen-bond acceptors (Lipinski definition) is 4. The number of pyridine rings is 1. The van der Waals surface area contributed by atoms with Gasteiger partial charge >= 0.3 is 12.2 Å². The molecular formula is C21H22F3N5O2. The van der Waals surface area contributed by atoms with E-state index in [1.54, 1.807) is 28.0 Å². The van der Waals surface area contributed by atoms with E-state index >= 15 is 0 Å². The van der Waals surface area contributed by atoms with Crippen LogP contribution in [0.3, 0.4) is 0 Å². The summed E-state index contributed by atoms with van der Waals surface area (Å²) >= 11 is 0. The molecule has 1 aromatic carbocycles. The maximum atomic E-state index is 13.2. The summed E-state index contributed by atoms with van der Waals surface area (Å²) in [5, 5.41) is 13.4. The third-order valence-corrected chi connectivity index (χ3v) is 5.38. The van der Waals surface area contributed by atoms with Gasteiger partial charge in [-0.25, -0.2) is 9.78 Å². The van der Waals surface area contributed by atoms with Crippen molar-refractivity contribution in [1.82, 2.24) is 20.2 Å². The Kier molecular flexibility index (Phi) is 5.62. The van der Waals surface area contributed by atoms with Gasteiger partial charge in [-0.15, -0.1) is 0 Å². The Balaban J connectivity index is 1.30. The molecule has 0 aliphatic carbocycles. The summed E-state index contributed by atoms with van der Waals surface area (Å²) in [4.78, 5) is 22.7. The minimum atomic E-state index is -4.47. The van der Waals surface area contributed by atoms with Crippen LogP contribution in [-0.2, 0) is 12.6 Å². The van der Waals surface area contributed by atoms with Gasteiger partial charge in [0.15, 0.2) is 0 Å². The third-order valence-electron chi connectivity index (χ3n) is 5.38. The Labute approximate surface area is 176 Å². The summed E-state index contributed by atoms with van der Waals surface area (Å²) in [7, 11) is 0. The molecule has 0 atom stereocenters. The van der Waals surface area contributed by atoms with Gasteiger partial charge in [0.25, 0.3) is 0 Å². The SMILES string of the molecule is O=C(NCCc1c[nH]c2ccc(O)cc12)N1CCN(c2ncccc2C(F)(F)F)CC1. The van der Waals surface area contributed by atoms with E-state index in [0.717, 1.165) is 22.5 Å². The molecule has 3 aromatic rings. The van der Waals surface area contributed by atoms with Crippen molar-refractivity contribution in [1.29, 1.82) is 0 Å². The van der Waals surface area contributed by atoms with Crippen LogP contribution in [0.25, 0.3) is 10.9 Å². The van der Waals surface area contributed by atoms with Gasteiger partial charge in [-0.05, 0) is 42.3 Å². The minimum Gasteiger partial charge on any atom is -0.508 e. The molecule has 1 aliphatic rings. The molecule has 1 aliphatic heterocycles. The molecule has 4 rings (SSSR count). The van der Waals surface area contributed by atoms with Crippen molar-refractivity contribution in [3.8, 4) is 5.75 Å². The molecule has 31 heavy (non-hydrogen) atoms. The number of nitrogens with zero attached hydrogens (tertiary/aromatic N) is 3. The first-order chi connectivity index (χ1) is 14.8. The summed E-state index contributed by atoms with van der Waals surface area (Å²) in [6.07, 6.45) is -0.705. The molecule has 0 saturated carbocycles. The van der Waals surface area contributed by atoms with Gasteiger partial charge in [0.1, 0.15) is 11.6 Å². The number of amides is 2. The van der Waals surface area contributed by atoms with Crippen molar-refractivity contribution < 1.29 is 23.1 Å². The van der Waals surface area contributed by atoms with Crippen molar-refractivity contribution in [3.63, 3.8) is 0 Å². The van der Waals surface area contributed by atoms with Crippen LogP contribution < -0.4 is 10.2 Å². The van der Waals surface area contributed by atoms with Crippen LogP contribution >= 0.6 is 0 Å². The van der Waals surface area contributed by atoms with E-state index in [2.05, 4.69) is 15.3 Å². The Morgan fingerprint density at radius 2 is 1.97 bits per heavy atom. The van der Waals surface area contributed by atoms with Gasteiger partial charge in [-0.3, -0.25) is 0 Å². The molecule has 10 heteroatoms. The molecule has 2 aromatic heterocycles. The van der Waals surface area contributed by atoms with Gasteiger partial charge in [0, 0.05) is 56.0 Å². The molecule has 3 heterocycles. The highest BCUT2D eigenvalue weighted by Crippen LogP contribution is 2.35. The number of phenolic OH excluding ortho intramolecular Hbond substituents is 1. The standard InChI is InChI=1S/C21H22F3N5O2/c22-21(23,24)17-2-1-6-25-19(17)28-8-10-29(11-9-28)20(31)26-7-5-14-13-27-18-4-3-15(30)12-16(14)18/h1-4,6,12-13,27,30H,5,7-11H2,(H,26,31). The van der Waals surface area contributed by atoms with E-state index in [1.807, 2.05) is 6.20 Å². The molecule has 1 saturated heterocycles. The number of phenols is 1. The van der Waals surface area contributed by atoms with E-state index < -0.39 is 11.7 Å². The highest BCUT2D eigenvalue weighted by Gasteiger charge is 2.36. The smallest absolute Gasteiger partial charge is 0.419 e. The summed E-state index contributed by atoms with van der Waals surface area (Å²) in [6, 6.07) is 7.11. The lowest BCUT2D eigenvalue weighted by Gasteiger charge is -2.36. The maximum Gasteiger partial charge on any atom is 0.419 e. The Bertz CT molecular complexity index is 1070. The zero-order valence-electron chi connectivity index (χ0n) is 16.6. The Morgan fingerprint density at radius 3 is 2.71 bits per heavy atom. The van der Waals surface area contributed by atoms with Gasteiger partial charge < -0.3 is 25.2 Å². The van der Waals surface area contributed by atoms with Crippen LogP contribution in [0.5, 0.6) is 5.75 Å². The summed E-state index contributed by atoms with van der Waals surface area (Å²) in [6.45, 7) is 1.56. The first kappa shape index (κ1) is 20.8. The fourth-order valence-corrected chi connectivity index (χ4v) is 3.78. The Hall–Kier alpha value is -3.43. The maximum absolute atomic E-state index is 13.2. The lowest BCUT2D eigenvalue weighted by Crippen LogP contribution is -2.52. The van der Waals surface area contributed by atoms with Gasteiger partial charge in [-0.2, -0.15) is 13.2 Å². The van der Waals surface area contributed by atoms with Crippen LogP contribution in [0.4, 0.5) is 23.8 Å². The van der Waals surface area contributed by atoms with Crippen LogP contribution in [0, 0.1) is 0 Å². The first-order valence-electron chi connectivity index (χ1n) is 9.92. The molecule has 164 valence electrons. The number of halogens is 3. The number of aromatic hydroxyl groups is 1. The van der Waals surface area contributed by atoms with Crippen molar-refractivity contribution >= 4 is 22.8 Å². The molecule has 0 unspecified atom stereocenters. The number of fused-ring (bicyclic) bond motifs is 1. The monoisotopic (exact) mass is 433 g/mol. The molecule has 0 bridgehead atoms. The topological polar surface area (TPSA) is 84.5 Å². The van der Waals surface area contributed by atoms with E-state index in [9.17, 15) is 23.1 Å². The van der Waals surface area contributed by atoms with E-state index in [0.29, 0.717) is 26.1 Å². The number of carbonyl (C=O) groups is 1. The normalized spacial score (nSPS) is 14.8. The number of carbonyl (C=O) groups excluding carboxylic acids is 1. The lowest BCUT2D eigenvalue weighted by molar-refractivity contribution is -0.137. The highest BCUT2D eigenvalue weighted by atomic mass is 19.4. The number of H-pyrrole nitrogens is 1. The number of urea groups is 1. The first-order valence-corrected chi connectivity index (χ1v) is 9.92. The second-order valence-corrected chi connectivity index (χ2v) is 7.37. The number of benzene rings is 1. The predicted molar refractivity (Wildman–Crippen MR) is 110 cm³/mol. The van der Waals surface area contributed by atoms with Gasteiger partial charge in [-0.1, -0.05) is 0 Å². The molecule has 0 spiro atoms. The van der Waals surface area contributed by atoms with Crippen molar-refractivity contribution in [2.75, 3.05) is 37.6 Å². The van der Waals surface area contributed by atoms with Crippen LogP contribution in [0.1, 0.15) is 11.1 Å². The number of nitrogens with one attached hydrogen (secondary N) is 2. The molecule has 3 N–H and O–H groups in total. The van der Waals surface area contributed by atoms with Crippen LogP contribution in [0.15, 0.2) is 42.7 Å². The zero-order valence-corrected chi connectivity index (χ0v) is 16.6. The number of alkyl halides is 3. The zero-order chi connectivity index (χ0) is 22.0. The number of rotatable bonds is 4. The van der Waals surface area contributed by atoms with Crippen LogP contribution in [0.2, 0.25) is 0 Å². The quantitative estimate of drug-likeness (QED) is 0.589. The molecule has 0 radical (unpaired) electrons. The summed E-state index contributed by atoms with van der Waals surface area (Å²) in [5.41, 5.74) is 1.12. The van der Waals surface area contributed by atoms with Crippen molar-refractivity contribution in [3.05, 3.63) is 53.9 Å². The number of aromatic amines is 1. The second kappa shape index (κ2) is 8.37. The molecule has 7 nitrogen and oxygen atoms in total. The summed E-state index contributed by atoms with van der Waals surface area (Å²) < 4.78 is 39.7. The van der Waals surface area contributed by atoms with E-state index in [1.165, 1.54) is 12.3 Å².